The van der Waals surface area contributed by atoms with Crippen LogP contribution in [0.15, 0.2) is 24.3 Å². The van der Waals surface area contributed by atoms with Gasteiger partial charge < -0.3 is 10.6 Å². The van der Waals surface area contributed by atoms with Crippen molar-refractivity contribution in [3.8, 4) is 0 Å². The third-order valence-electron chi connectivity index (χ3n) is 4.16. The van der Waals surface area contributed by atoms with E-state index in [0.29, 0.717) is 31.2 Å². The zero-order valence-corrected chi connectivity index (χ0v) is 13.8. The van der Waals surface area contributed by atoms with Gasteiger partial charge in [-0.25, -0.2) is 0 Å². The molecule has 1 aromatic rings. The number of benzene rings is 1. The van der Waals surface area contributed by atoms with E-state index < -0.39 is 17.3 Å². The van der Waals surface area contributed by atoms with Gasteiger partial charge in [-0.1, -0.05) is 12.1 Å². The maximum atomic E-state index is 12.9. The fourth-order valence-electron chi connectivity index (χ4n) is 2.76. The van der Waals surface area contributed by atoms with Crippen LogP contribution in [0.4, 0.5) is 13.2 Å². The second kappa shape index (κ2) is 8.02. The minimum Gasteiger partial charge on any atom is -0.347 e. The molecule has 0 atom stereocenters. The van der Waals surface area contributed by atoms with Crippen LogP contribution in [0.5, 0.6) is 0 Å². The van der Waals surface area contributed by atoms with Crippen molar-refractivity contribution in [1.29, 1.82) is 0 Å². The molecule has 1 aliphatic rings. The zero-order chi connectivity index (χ0) is 16.2. The van der Waals surface area contributed by atoms with Gasteiger partial charge in [0.05, 0.1) is 11.1 Å². The molecular weight excluding hydrogens is 329 g/mol. The molecule has 1 aromatic carbocycles. The number of alkyl halides is 3. The monoisotopic (exact) mass is 350 g/mol. The second-order valence-corrected chi connectivity index (χ2v) is 5.77. The molecule has 2 N–H and O–H groups in total. The van der Waals surface area contributed by atoms with E-state index in [0.717, 1.165) is 25.1 Å². The molecule has 23 heavy (non-hydrogen) atoms. The predicted octanol–water partition coefficient (Wildman–Crippen LogP) is 3.62. The van der Waals surface area contributed by atoms with Crippen molar-refractivity contribution < 1.29 is 18.0 Å². The lowest BCUT2D eigenvalue weighted by Crippen LogP contribution is -2.50. The molecule has 3 nitrogen and oxygen atoms in total. The summed E-state index contributed by atoms with van der Waals surface area (Å²) >= 11 is 0. The maximum absolute atomic E-state index is 12.9. The minimum absolute atomic E-state index is 0. The molecule has 1 saturated carbocycles. The molecule has 0 aliphatic heterocycles. The van der Waals surface area contributed by atoms with Crippen molar-refractivity contribution in [3.63, 3.8) is 0 Å². The molecule has 2 rings (SSSR count). The summed E-state index contributed by atoms with van der Waals surface area (Å²) in [6, 6.07) is 5.30. The van der Waals surface area contributed by atoms with Gasteiger partial charge in [-0.15, -0.1) is 12.4 Å². The Balaban J connectivity index is 0.00000264. The summed E-state index contributed by atoms with van der Waals surface area (Å²) in [5.74, 6) is -0.104. The van der Waals surface area contributed by atoms with Crippen molar-refractivity contribution in [2.45, 2.75) is 43.8 Å². The Morgan fingerprint density at radius 3 is 2.52 bits per heavy atom. The van der Waals surface area contributed by atoms with E-state index in [9.17, 15) is 18.0 Å². The molecule has 0 heterocycles. The Hall–Kier alpha value is -1.27. The normalized spacial score (nSPS) is 16.2. The summed E-state index contributed by atoms with van der Waals surface area (Å²) in [5, 5.41) is 5.91. The highest BCUT2D eigenvalue weighted by Gasteiger charge is 2.41. The zero-order valence-electron chi connectivity index (χ0n) is 13.0. The number of hydrogen-bond acceptors (Lipinski definition) is 2. The second-order valence-electron chi connectivity index (χ2n) is 5.77. The first-order valence-electron chi connectivity index (χ1n) is 7.51. The number of halogens is 4. The van der Waals surface area contributed by atoms with E-state index in [4.69, 9.17) is 0 Å². The van der Waals surface area contributed by atoms with Crippen molar-refractivity contribution >= 4 is 18.3 Å². The number of carbonyl (C=O) groups excluding carboxylic acids is 1. The molecule has 1 aliphatic carbocycles. The third kappa shape index (κ3) is 4.85. The first-order valence-corrected chi connectivity index (χ1v) is 7.51. The lowest BCUT2D eigenvalue weighted by molar-refractivity contribution is -0.137. The van der Waals surface area contributed by atoms with Crippen molar-refractivity contribution in [2.24, 2.45) is 0 Å². The number of hydrogen-bond donors (Lipinski definition) is 2. The molecule has 0 bridgehead atoms. The Labute approximate surface area is 140 Å². The largest absolute Gasteiger partial charge is 0.416 e. The molecule has 0 unspecified atom stereocenters. The Kier molecular flexibility index (Phi) is 6.89. The summed E-state index contributed by atoms with van der Waals surface area (Å²) in [6.07, 6.45) is -0.995. The van der Waals surface area contributed by atoms with Crippen LogP contribution in [0.1, 0.15) is 43.2 Å². The minimum atomic E-state index is -4.36. The van der Waals surface area contributed by atoms with Crippen LogP contribution in [-0.4, -0.2) is 19.5 Å². The Bertz CT molecular complexity index is 530. The van der Waals surface area contributed by atoms with Crippen LogP contribution < -0.4 is 10.6 Å². The molecule has 0 radical (unpaired) electrons. The van der Waals surface area contributed by atoms with Crippen LogP contribution in [0.3, 0.4) is 0 Å². The van der Waals surface area contributed by atoms with Crippen molar-refractivity contribution in [3.05, 3.63) is 35.4 Å². The standard InChI is InChI=1S/C16H21F3N2O.ClH/c1-20-10-3-7-14(22)21-15(8-4-9-15)12-5-2-6-13(11-12)16(17,18)19;/h2,5-6,11,20H,3-4,7-10H2,1H3,(H,21,22);1H. The quantitative estimate of drug-likeness (QED) is 0.769. The Morgan fingerprint density at radius 1 is 1.30 bits per heavy atom. The average Bonchev–Trinajstić information content (AvgIpc) is 2.42. The number of amides is 1. The van der Waals surface area contributed by atoms with Gasteiger partial charge in [-0.2, -0.15) is 13.2 Å². The smallest absolute Gasteiger partial charge is 0.347 e. The summed E-state index contributed by atoms with van der Waals surface area (Å²) in [6.45, 7) is 0.740. The van der Waals surface area contributed by atoms with Crippen LogP contribution in [0.25, 0.3) is 0 Å². The van der Waals surface area contributed by atoms with E-state index in [2.05, 4.69) is 10.6 Å². The maximum Gasteiger partial charge on any atom is 0.416 e. The Morgan fingerprint density at radius 2 is 2.00 bits per heavy atom. The van der Waals surface area contributed by atoms with E-state index in [1.54, 1.807) is 6.07 Å². The van der Waals surface area contributed by atoms with Crippen LogP contribution in [0, 0.1) is 0 Å². The number of nitrogens with one attached hydrogen (secondary N) is 2. The fourth-order valence-corrected chi connectivity index (χ4v) is 2.76. The predicted molar refractivity (Wildman–Crippen MR) is 85.5 cm³/mol. The number of carbonyl (C=O) groups is 1. The van der Waals surface area contributed by atoms with Gasteiger partial charge in [0.25, 0.3) is 0 Å². The van der Waals surface area contributed by atoms with E-state index in [1.807, 2.05) is 7.05 Å². The lowest BCUT2D eigenvalue weighted by Gasteiger charge is -2.43. The highest BCUT2D eigenvalue weighted by molar-refractivity contribution is 5.85. The molecule has 0 aromatic heterocycles. The van der Waals surface area contributed by atoms with Crippen molar-refractivity contribution in [1.82, 2.24) is 10.6 Å². The fraction of sp³-hybridized carbons (Fsp3) is 0.562. The molecule has 0 spiro atoms. The van der Waals surface area contributed by atoms with Gasteiger partial charge in [0.2, 0.25) is 5.91 Å². The molecule has 1 fully saturated rings. The van der Waals surface area contributed by atoms with Crippen LogP contribution >= 0.6 is 12.4 Å². The summed E-state index contributed by atoms with van der Waals surface area (Å²) in [5.41, 5.74) is -0.742. The summed E-state index contributed by atoms with van der Waals surface area (Å²) < 4.78 is 38.6. The van der Waals surface area contributed by atoms with Gasteiger partial charge in [-0.3, -0.25) is 4.79 Å². The molecule has 130 valence electrons. The SMILES string of the molecule is CNCCCC(=O)NC1(c2cccc(C(F)(F)F)c2)CCC1.Cl. The molecule has 0 saturated heterocycles. The summed E-state index contributed by atoms with van der Waals surface area (Å²) in [4.78, 5) is 12.0. The molecule has 1 amide bonds. The lowest BCUT2D eigenvalue weighted by atomic mass is 9.71. The van der Waals surface area contributed by atoms with Crippen LogP contribution in [-0.2, 0) is 16.5 Å². The van der Waals surface area contributed by atoms with Gasteiger partial charge in [0.1, 0.15) is 0 Å². The van der Waals surface area contributed by atoms with E-state index in [-0.39, 0.29) is 18.3 Å². The van der Waals surface area contributed by atoms with Gasteiger partial charge in [0.15, 0.2) is 0 Å². The van der Waals surface area contributed by atoms with Gasteiger partial charge in [-0.05, 0) is 57.0 Å². The summed E-state index contributed by atoms with van der Waals surface area (Å²) in [7, 11) is 1.81. The third-order valence-corrected chi connectivity index (χ3v) is 4.16. The first kappa shape index (κ1) is 19.8. The van der Waals surface area contributed by atoms with E-state index in [1.165, 1.54) is 6.07 Å². The average molecular weight is 351 g/mol. The number of rotatable bonds is 6. The van der Waals surface area contributed by atoms with Crippen molar-refractivity contribution in [2.75, 3.05) is 13.6 Å². The molecule has 7 heteroatoms. The van der Waals surface area contributed by atoms with Crippen LogP contribution in [0.2, 0.25) is 0 Å². The topological polar surface area (TPSA) is 41.1 Å². The first-order chi connectivity index (χ1) is 10.4. The molecular formula is C16H22ClF3N2O. The van der Waals surface area contributed by atoms with E-state index >= 15 is 0 Å². The van der Waals surface area contributed by atoms with Gasteiger partial charge >= 0.3 is 6.18 Å². The highest BCUT2D eigenvalue weighted by Crippen LogP contribution is 2.43. The highest BCUT2D eigenvalue weighted by atomic mass is 35.5. The van der Waals surface area contributed by atoms with Gasteiger partial charge in [0, 0.05) is 6.42 Å².